The maximum absolute atomic E-state index is 11.9. The second-order valence-electron chi connectivity index (χ2n) is 14.4. The Hall–Kier alpha value is -2.92. The number of fused-ring (bicyclic) bond motifs is 1. The average molecular weight is 609 g/mol. The van der Waals surface area contributed by atoms with Crippen LogP contribution in [-0.4, -0.2) is 32.2 Å². The summed E-state index contributed by atoms with van der Waals surface area (Å²) < 4.78 is 13.7. The summed E-state index contributed by atoms with van der Waals surface area (Å²) >= 11 is 0. The van der Waals surface area contributed by atoms with E-state index in [0.717, 1.165) is 37.9 Å². The van der Waals surface area contributed by atoms with E-state index in [9.17, 15) is 5.11 Å². The lowest BCUT2D eigenvalue weighted by molar-refractivity contribution is 0.00202. The molecule has 234 valence electrons. The predicted octanol–water partition coefficient (Wildman–Crippen LogP) is 8.48. The molecule has 3 aromatic carbocycles. The van der Waals surface area contributed by atoms with Gasteiger partial charge in [0.05, 0.1) is 12.2 Å². The Balaban J connectivity index is 1.43. The van der Waals surface area contributed by atoms with Gasteiger partial charge in [0.25, 0.3) is 8.32 Å². The van der Waals surface area contributed by atoms with E-state index < -0.39 is 13.9 Å². The molecule has 0 aromatic heterocycles. The highest BCUT2D eigenvalue weighted by atomic mass is 28.4. The van der Waals surface area contributed by atoms with Gasteiger partial charge in [-0.15, -0.1) is 6.58 Å². The molecule has 0 aliphatic heterocycles. The molecule has 2 aliphatic carbocycles. The Morgan fingerprint density at radius 2 is 1.50 bits per heavy atom. The van der Waals surface area contributed by atoms with Crippen LogP contribution < -0.4 is 15.1 Å². The van der Waals surface area contributed by atoms with Gasteiger partial charge in [-0.05, 0) is 84.3 Å². The van der Waals surface area contributed by atoms with Crippen molar-refractivity contribution in [1.82, 2.24) is 0 Å². The van der Waals surface area contributed by atoms with Crippen molar-refractivity contribution >= 4 is 18.7 Å². The van der Waals surface area contributed by atoms with Crippen LogP contribution in [0, 0.1) is 17.8 Å². The number of ether oxygens (including phenoxy) is 1. The summed E-state index contributed by atoms with van der Waals surface area (Å²) in [5, 5.41) is 14.5. The Labute approximate surface area is 267 Å². The maximum Gasteiger partial charge on any atom is 0.261 e. The molecular weight excluding hydrogens is 557 g/mol. The molecule has 3 nitrogen and oxygen atoms in total. The number of hydrogen-bond acceptors (Lipinski definition) is 3. The quantitative estimate of drug-likeness (QED) is 0.127. The third kappa shape index (κ3) is 7.14. The predicted molar refractivity (Wildman–Crippen MR) is 186 cm³/mol. The molecular formula is C40H52O3Si. The molecule has 44 heavy (non-hydrogen) atoms. The molecule has 2 aliphatic rings. The summed E-state index contributed by atoms with van der Waals surface area (Å²) in [6.45, 7) is 14.7. The molecule has 0 unspecified atom stereocenters. The highest BCUT2D eigenvalue weighted by Gasteiger charge is 2.50. The van der Waals surface area contributed by atoms with Crippen molar-refractivity contribution in [3.8, 4) is 5.75 Å². The van der Waals surface area contributed by atoms with Crippen molar-refractivity contribution < 1.29 is 14.3 Å². The Bertz CT molecular complexity index is 1340. The van der Waals surface area contributed by atoms with E-state index in [1.54, 1.807) is 5.57 Å². The van der Waals surface area contributed by atoms with Gasteiger partial charge in [-0.1, -0.05) is 124 Å². The first-order valence-corrected chi connectivity index (χ1v) is 18.5. The second kappa shape index (κ2) is 14.0. The summed E-state index contributed by atoms with van der Waals surface area (Å²) in [6.07, 6.45) is 8.27. The topological polar surface area (TPSA) is 38.7 Å². The standard InChI is InChI=1S/C40H52O3Si/c1-6-24-40(41)28-32-26-31(2)27-38(32)37(33(29-40)30-42-34-17-10-7-11-18-34)23-16-25-43-44(39(3,4)5,35-19-12-8-13-20-35)36-21-14-9-15-22-36/h6-15,17-22,31-33,41H,1,16,23-30H2,2-5H3/t31-,32+,33+,40+/m0/s1. The van der Waals surface area contributed by atoms with Crippen molar-refractivity contribution in [2.24, 2.45) is 17.8 Å². The van der Waals surface area contributed by atoms with Gasteiger partial charge in [0, 0.05) is 12.5 Å². The van der Waals surface area contributed by atoms with E-state index in [4.69, 9.17) is 9.16 Å². The highest BCUT2D eigenvalue weighted by Crippen LogP contribution is 2.50. The average Bonchev–Trinajstić information content (AvgIpc) is 3.32. The lowest BCUT2D eigenvalue weighted by Gasteiger charge is -2.43. The Morgan fingerprint density at radius 3 is 2.07 bits per heavy atom. The van der Waals surface area contributed by atoms with Gasteiger partial charge in [0.15, 0.2) is 0 Å². The van der Waals surface area contributed by atoms with Gasteiger partial charge in [-0.3, -0.25) is 0 Å². The number of benzene rings is 3. The van der Waals surface area contributed by atoms with Gasteiger partial charge in [0.1, 0.15) is 5.75 Å². The fourth-order valence-corrected chi connectivity index (χ4v) is 12.8. The first-order chi connectivity index (χ1) is 21.1. The SMILES string of the molecule is C=CC[C@@]1(O)C[C@H]2C[C@H](C)CC2=C(CCCO[Si](c2ccccc2)(c2ccccc2)C(C)(C)C)[C@@H](COc2ccccc2)C1. The van der Waals surface area contributed by atoms with Crippen LogP contribution in [0.5, 0.6) is 5.75 Å². The molecule has 0 bridgehead atoms. The van der Waals surface area contributed by atoms with Crippen LogP contribution in [0.1, 0.15) is 72.6 Å². The molecule has 1 saturated carbocycles. The summed E-state index contributed by atoms with van der Waals surface area (Å²) in [7, 11) is -2.59. The second-order valence-corrected chi connectivity index (χ2v) is 18.7. The zero-order valence-electron chi connectivity index (χ0n) is 27.3. The van der Waals surface area contributed by atoms with Gasteiger partial charge in [0.2, 0.25) is 0 Å². The van der Waals surface area contributed by atoms with Crippen molar-refractivity contribution in [3.63, 3.8) is 0 Å². The Morgan fingerprint density at radius 1 is 0.909 bits per heavy atom. The van der Waals surface area contributed by atoms with E-state index in [1.807, 2.05) is 36.4 Å². The van der Waals surface area contributed by atoms with Crippen LogP contribution in [0.2, 0.25) is 5.04 Å². The molecule has 0 spiro atoms. The molecule has 0 heterocycles. The van der Waals surface area contributed by atoms with Crippen LogP contribution >= 0.6 is 0 Å². The monoisotopic (exact) mass is 608 g/mol. The minimum Gasteiger partial charge on any atom is -0.493 e. The van der Waals surface area contributed by atoms with E-state index in [2.05, 4.69) is 94.9 Å². The van der Waals surface area contributed by atoms with Crippen LogP contribution in [0.4, 0.5) is 0 Å². The molecule has 0 radical (unpaired) electrons. The molecule has 3 aromatic rings. The van der Waals surface area contributed by atoms with Gasteiger partial charge in [-0.25, -0.2) is 0 Å². The first-order valence-electron chi connectivity index (χ1n) is 16.6. The summed E-state index contributed by atoms with van der Waals surface area (Å²) in [5.74, 6) is 2.13. The molecule has 0 amide bonds. The third-order valence-electron chi connectivity index (χ3n) is 9.95. The normalized spacial score (nSPS) is 24.1. The molecule has 4 heteroatoms. The van der Waals surface area contributed by atoms with E-state index in [-0.39, 0.29) is 11.0 Å². The van der Waals surface area contributed by atoms with Crippen molar-refractivity contribution in [2.45, 2.75) is 83.3 Å². The minimum atomic E-state index is -2.59. The molecule has 1 fully saturated rings. The van der Waals surface area contributed by atoms with Crippen LogP contribution in [0.25, 0.3) is 0 Å². The van der Waals surface area contributed by atoms with Gasteiger partial charge >= 0.3 is 0 Å². The minimum absolute atomic E-state index is 0.0425. The largest absolute Gasteiger partial charge is 0.493 e. The molecule has 1 N–H and O–H groups in total. The number of allylic oxidation sites excluding steroid dienone is 1. The fourth-order valence-electron chi connectivity index (χ4n) is 8.16. The number of hydrogen-bond donors (Lipinski definition) is 1. The Kier molecular flexibility index (Phi) is 10.3. The van der Waals surface area contributed by atoms with Crippen LogP contribution in [-0.2, 0) is 4.43 Å². The van der Waals surface area contributed by atoms with Gasteiger partial charge < -0.3 is 14.3 Å². The summed E-state index contributed by atoms with van der Waals surface area (Å²) in [6, 6.07) is 32.0. The van der Waals surface area contributed by atoms with E-state index in [1.165, 1.54) is 15.9 Å². The van der Waals surface area contributed by atoms with Crippen LogP contribution in [0.15, 0.2) is 115 Å². The van der Waals surface area contributed by atoms with Crippen molar-refractivity contribution in [2.75, 3.05) is 13.2 Å². The summed E-state index contributed by atoms with van der Waals surface area (Å²) in [4.78, 5) is 0. The number of rotatable bonds is 12. The molecule has 5 rings (SSSR count). The number of para-hydroxylation sites is 1. The van der Waals surface area contributed by atoms with E-state index in [0.29, 0.717) is 37.9 Å². The van der Waals surface area contributed by atoms with Crippen molar-refractivity contribution in [1.29, 1.82) is 0 Å². The van der Waals surface area contributed by atoms with E-state index >= 15 is 0 Å². The molecule has 0 saturated heterocycles. The third-order valence-corrected chi connectivity index (χ3v) is 15.0. The zero-order chi connectivity index (χ0) is 31.2. The van der Waals surface area contributed by atoms with Crippen molar-refractivity contribution in [3.05, 3.63) is 115 Å². The number of aliphatic hydroxyl groups is 1. The maximum atomic E-state index is 11.9. The zero-order valence-corrected chi connectivity index (χ0v) is 28.3. The lowest BCUT2D eigenvalue weighted by atomic mass is 9.81. The molecule has 4 atom stereocenters. The first kappa shape index (κ1) is 32.5. The smallest absolute Gasteiger partial charge is 0.261 e. The highest BCUT2D eigenvalue weighted by molar-refractivity contribution is 6.99. The fraction of sp³-hybridized carbons (Fsp3) is 0.450. The summed E-state index contributed by atoms with van der Waals surface area (Å²) in [5.41, 5.74) is 2.35. The lowest BCUT2D eigenvalue weighted by Crippen LogP contribution is -2.66. The van der Waals surface area contributed by atoms with Crippen LogP contribution in [0.3, 0.4) is 0 Å². The van der Waals surface area contributed by atoms with Gasteiger partial charge in [-0.2, -0.15) is 0 Å².